The van der Waals surface area contributed by atoms with Crippen LogP contribution in [0.5, 0.6) is 11.5 Å². The number of hydrogen-bond acceptors (Lipinski definition) is 7. The molecule has 0 unspecified atom stereocenters. The molecule has 2 aromatic heterocycles. The van der Waals surface area contributed by atoms with Gasteiger partial charge in [0.05, 0.1) is 18.2 Å². The molecule has 2 amide bonds. The molecule has 0 radical (unpaired) electrons. The number of benzene rings is 2. The van der Waals surface area contributed by atoms with Gasteiger partial charge in [-0.15, -0.1) is 11.3 Å². The van der Waals surface area contributed by atoms with Crippen molar-refractivity contribution in [3.05, 3.63) is 93.3 Å². The first-order valence-corrected chi connectivity index (χ1v) is 11.3. The fourth-order valence-corrected chi connectivity index (χ4v) is 4.29. The van der Waals surface area contributed by atoms with E-state index in [1.165, 1.54) is 21.8 Å². The number of ether oxygens (including phenoxy) is 2. The number of esters is 1. The Hall–Kier alpha value is -4.18. The Balaban J connectivity index is 1.45. The van der Waals surface area contributed by atoms with E-state index in [9.17, 15) is 14.4 Å². The van der Waals surface area contributed by atoms with Crippen molar-refractivity contribution in [1.82, 2.24) is 14.7 Å². The summed E-state index contributed by atoms with van der Waals surface area (Å²) in [5.74, 6) is 0.606. The van der Waals surface area contributed by atoms with Crippen LogP contribution in [-0.4, -0.2) is 21.4 Å². The van der Waals surface area contributed by atoms with E-state index in [1.807, 2.05) is 42.6 Å². The third-order valence-electron chi connectivity index (χ3n) is 4.94. The molecule has 1 atom stereocenters. The number of aromatic nitrogens is 2. The number of para-hydroxylation sites is 1. The molecule has 0 aliphatic rings. The molecule has 0 spiro atoms. The second-order valence-corrected chi connectivity index (χ2v) is 8.33. The van der Waals surface area contributed by atoms with Gasteiger partial charge in [0, 0.05) is 17.1 Å². The van der Waals surface area contributed by atoms with Gasteiger partial charge in [-0.1, -0.05) is 30.3 Å². The molecule has 0 bridgehead atoms. The van der Waals surface area contributed by atoms with Crippen LogP contribution in [0, 0.1) is 6.92 Å². The van der Waals surface area contributed by atoms with Crippen molar-refractivity contribution in [2.45, 2.75) is 26.0 Å². The Labute approximate surface area is 198 Å². The number of primary amides is 1. The summed E-state index contributed by atoms with van der Waals surface area (Å²) >= 11 is 1.33. The van der Waals surface area contributed by atoms with E-state index < -0.39 is 18.0 Å². The van der Waals surface area contributed by atoms with Crippen LogP contribution in [0.4, 0.5) is 4.79 Å². The number of nitrogens with two attached hydrogens (primary N) is 1. The zero-order valence-electron chi connectivity index (χ0n) is 18.3. The van der Waals surface area contributed by atoms with E-state index in [1.54, 1.807) is 24.3 Å². The smallest absolute Gasteiger partial charge is 0.312 e. The summed E-state index contributed by atoms with van der Waals surface area (Å²) in [6, 6.07) is 16.0. The first kappa shape index (κ1) is 23.0. The Bertz CT molecular complexity index is 1380. The highest BCUT2D eigenvalue weighted by molar-refractivity contribution is 7.15. The van der Waals surface area contributed by atoms with Crippen molar-refractivity contribution < 1.29 is 19.1 Å². The minimum atomic E-state index is -0.777. The fraction of sp³-hybridized carbons (Fsp3) is 0.167. The van der Waals surface area contributed by atoms with E-state index in [2.05, 4.69) is 10.3 Å². The zero-order valence-corrected chi connectivity index (χ0v) is 19.1. The summed E-state index contributed by atoms with van der Waals surface area (Å²) in [7, 11) is 0. The monoisotopic (exact) mass is 478 g/mol. The third-order valence-corrected chi connectivity index (χ3v) is 5.88. The first-order chi connectivity index (χ1) is 16.4. The summed E-state index contributed by atoms with van der Waals surface area (Å²) in [5, 5.41) is 4.40. The summed E-state index contributed by atoms with van der Waals surface area (Å²) in [6.45, 7) is 1.65. The molecule has 34 heavy (non-hydrogen) atoms. The molecule has 2 heterocycles. The van der Waals surface area contributed by atoms with Crippen LogP contribution >= 0.6 is 11.3 Å². The lowest BCUT2D eigenvalue weighted by molar-refractivity contribution is -0.145. The largest absolute Gasteiger partial charge is 0.459 e. The number of nitrogens with zero attached hydrogens (tertiary/aromatic N) is 2. The lowest BCUT2D eigenvalue weighted by atomic mass is 10.0. The molecule has 0 saturated carbocycles. The van der Waals surface area contributed by atoms with Gasteiger partial charge in [-0.3, -0.25) is 14.0 Å². The van der Waals surface area contributed by atoms with Crippen molar-refractivity contribution >= 4 is 28.3 Å². The summed E-state index contributed by atoms with van der Waals surface area (Å²) in [6.07, 6.45) is -0.170. The fourth-order valence-electron chi connectivity index (χ4n) is 3.40. The van der Waals surface area contributed by atoms with Crippen LogP contribution in [-0.2, 0) is 16.1 Å². The van der Waals surface area contributed by atoms with Gasteiger partial charge < -0.3 is 20.5 Å². The number of aryl methyl sites for hydroxylation is 1. The van der Waals surface area contributed by atoms with Crippen LogP contribution < -0.4 is 21.3 Å². The molecule has 4 aromatic rings. The number of carbonyl (C=O) groups excluding carboxylic acids is 2. The Morgan fingerprint density at radius 2 is 1.88 bits per heavy atom. The topological polar surface area (TPSA) is 125 Å². The average molecular weight is 479 g/mol. The van der Waals surface area contributed by atoms with Gasteiger partial charge >= 0.3 is 12.0 Å². The maximum Gasteiger partial charge on any atom is 0.312 e. The Morgan fingerprint density at radius 3 is 2.65 bits per heavy atom. The molecule has 3 N–H and O–H groups in total. The van der Waals surface area contributed by atoms with Crippen molar-refractivity contribution in [3.63, 3.8) is 0 Å². The van der Waals surface area contributed by atoms with Crippen molar-refractivity contribution in [2.75, 3.05) is 0 Å². The number of rotatable bonds is 8. The standard InChI is InChI=1S/C24H22N4O5S/c1-15-14-34-24-26-17(11-21(29)28(15)24)13-32-22(30)12-20(27-23(25)31)16-6-5-9-19(10-16)33-18-7-3-2-4-8-18/h2-11,14,20H,12-13H2,1H3,(H3,25,27,31)/t20-/m1/s1. The number of fused-ring (bicyclic) bond motifs is 1. The molecule has 174 valence electrons. The molecular weight excluding hydrogens is 456 g/mol. The predicted molar refractivity (Wildman–Crippen MR) is 127 cm³/mol. The molecule has 0 fully saturated rings. The Kier molecular flexibility index (Phi) is 6.88. The lowest BCUT2D eigenvalue weighted by Crippen LogP contribution is -2.34. The first-order valence-electron chi connectivity index (χ1n) is 10.4. The maximum atomic E-state index is 12.6. The summed E-state index contributed by atoms with van der Waals surface area (Å²) < 4.78 is 12.7. The normalized spacial score (nSPS) is 11.7. The number of amides is 2. The minimum absolute atomic E-state index is 0.165. The highest BCUT2D eigenvalue weighted by Crippen LogP contribution is 2.26. The van der Waals surface area contributed by atoms with Gasteiger partial charge in [-0.25, -0.2) is 9.78 Å². The number of thiazole rings is 1. The van der Waals surface area contributed by atoms with Crippen LogP contribution in [0.1, 0.15) is 29.4 Å². The van der Waals surface area contributed by atoms with Crippen molar-refractivity contribution in [2.24, 2.45) is 5.73 Å². The van der Waals surface area contributed by atoms with Gasteiger partial charge in [-0.05, 0) is 36.8 Å². The van der Waals surface area contributed by atoms with Gasteiger partial charge in [0.15, 0.2) is 4.96 Å². The summed E-state index contributed by atoms with van der Waals surface area (Å²) in [5.41, 5.74) is 6.85. The lowest BCUT2D eigenvalue weighted by Gasteiger charge is -2.18. The molecule has 10 heteroatoms. The number of carbonyl (C=O) groups is 2. The van der Waals surface area contributed by atoms with E-state index in [-0.39, 0.29) is 18.6 Å². The number of urea groups is 1. The molecule has 2 aromatic carbocycles. The Morgan fingerprint density at radius 1 is 1.12 bits per heavy atom. The quantitative estimate of drug-likeness (QED) is 0.372. The highest BCUT2D eigenvalue weighted by atomic mass is 32.1. The minimum Gasteiger partial charge on any atom is -0.459 e. The number of nitrogens with one attached hydrogen (secondary N) is 1. The van der Waals surface area contributed by atoms with Gasteiger partial charge in [0.1, 0.15) is 18.1 Å². The molecule has 0 aliphatic carbocycles. The average Bonchev–Trinajstić information content (AvgIpc) is 3.19. The molecule has 4 rings (SSSR count). The second-order valence-electron chi connectivity index (χ2n) is 7.49. The zero-order chi connectivity index (χ0) is 24.1. The van der Waals surface area contributed by atoms with E-state index in [4.69, 9.17) is 15.2 Å². The molecule has 0 saturated heterocycles. The highest BCUT2D eigenvalue weighted by Gasteiger charge is 2.20. The maximum absolute atomic E-state index is 12.6. The van der Waals surface area contributed by atoms with Crippen LogP contribution in [0.25, 0.3) is 4.96 Å². The van der Waals surface area contributed by atoms with Crippen LogP contribution in [0.15, 0.2) is 70.8 Å². The van der Waals surface area contributed by atoms with Crippen LogP contribution in [0.2, 0.25) is 0 Å². The molecule has 0 aliphatic heterocycles. The molecular formula is C24H22N4O5S. The summed E-state index contributed by atoms with van der Waals surface area (Å²) in [4.78, 5) is 41.3. The molecule has 9 nitrogen and oxygen atoms in total. The van der Waals surface area contributed by atoms with Gasteiger partial charge in [0.25, 0.3) is 5.56 Å². The third kappa shape index (κ3) is 5.59. The van der Waals surface area contributed by atoms with E-state index >= 15 is 0 Å². The SMILES string of the molecule is Cc1csc2nc(COC(=O)C[C@@H](NC(N)=O)c3cccc(Oc4ccccc4)c3)cc(=O)n12. The van der Waals surface area contributed by atoms with Crippen LogP contribution in [0.3, 0.4) is 0 Å². The van der Waals surface area contributed by atoms with Crippen molar-refractivity contribution in [1.29, 1.82) is 0 Å². The van der Waals surface area contributed by atoms with E-state index in [0.29, 0.717) is 27.7 Å². The second kappa shape index (κ2) is 10.2. The van der Waals surface area contributed by atoms with Gasteiger partial charge in [0.2, 0.25) is 0 Å². The predicted octanol–water partition coefficient (Wildman–Crippen LogP) is 3.70. The number of hydrogen-bond donors (Lipinski definition) is 2. The van der Waals surface area contributed by atoms with Gasteiger partial charge in [-0.2, -0.15) is 0 Å². The van der Waals surface area contributed by atoms with Crippen molar-refractivity contribution in [3.8, 4) is 11.5 Å². The van der Waals surface area contributed by atoms with E-state index in [0.717, 1.165) is 5.69 Å².